The molecule has 2 saturated heterocycles. The highest BCUT2D eigenvalue weighted by Crippen LogP contribution is 2.37. The summed E-state index contributed by atoms with van der Waals surface area (Å²) in [6.45, 7) is 1.58. The van der Waals surface area contributed by atoms with Gasteiger partial charge in [-0.25, -0.2) is 9.88 Å². The summed E-state index contributed by atoms with van der Waals surface area (Å²) in [4.78, 5) is 34.4. The van der Waals surface area contributed by atoms with E-state index in [4.69, 9.17) is 9.72 Å². The first-order valence-electron chi connectivity index (χ1n) is 10.2. The normalized spacial score (nSPS) is 22.8. The summed E-state index contributed by atoms with van der Waals surface area (Å²) in [5.41, 5.74) is 1.56. The van der Waals surface area contributed by atoms with Crippen molar-refractivity contribution in [1.29, 1.82) is 0 Å². The zero-order valence-electron chi connectivity index (χ0n) is 16.8. The number of amides is 2. The van der Waals surface area contributed by atoms with E-state index in [1.54, 1.807) is 30.6 Å². The number of benzene rings is 2. The van der Waals surface area contributed by atoms with Crippen molar-refractivity contribution in [2.75, 3.05) is 25.1 Å². The number of para-hydroxylation sites is 3. The van der Waals surface area contributed by atoms with Gasteiger partial charge in [0.1, 0.15) is 5.75 Å². The molecular weight excluding hydrogens is 398 g/mol. The number of methoxy groups -OCH3 is 1. The lowest BCUT2D eigenvalue weighted by Crippen LogP contribution is -2.46. The number of carbonyl (C=O) groups excluding carboxylic acids is 2. The van der Waals surface area contributed by atoms with E-state index in [0.717, 1.165) is 36.5 Å². The lowest BCUT2D eigenvalue weighted by Gasteiger charge is -2.34. The van der Waals surface area contributed by atoms with Crippen LogP contribution >= 0.6 is 11.3 Å². The molecule has 1 aromatic heterocycles. The van der Waals surface area contributed by atoms with Gasteiger partial charge >= 0.3 is 0 Å². The van der Waals surface area contributed by atoms with Crippen molar-refractivity contribution in [2.45, 2.75) is 31.2 Å². The van der Waals surface area contributed by atoms with Crippen LogP contribution in [-0.4, -0.2) is 47.9 Å². The van der Waals surface area contributed by atoms with Gasteiger partial charge < -0.3 is 4.74 Å². The molecule has 7 heteroatoms. The first-order valence-corrected chi connectivity index (χ1v) is 11.1. The van der Waals surface area contributed by atoms with E-state index in [0.29, 0.717) is 17.4 Å². The number of nitrogens with zero attached hydrogens (tertiary/aromatic N) is 3. The van der Waals surface area contributed by atoms with Crippen LogP contribution in [0.5, 0.6) is 5.75 Å². The number of carbonyl (C=O) groups is 2. The summed E-state index contributed by atoms with van der Waals surface area (Å²) in [6.07, 6.45) is 2.26. The van der Waals surface area contributed by atoms with Crippen LogP contribution in [-0.2, 0) is 9.59 Å². The molecule has 0 saturated carbocycles. The highest BCUT2D eigenvalue weighted by atomic mass is 32.1. The molecule has 2 aromatic carbocycles. The van der Waals surface area contributed by atoms with E-state index in [9.17, 15) is 9.59 Å². The Labute approximate surface area is 179 Å². The highest BCUT2D eigenvalue weighted by molar-refractivity contribution is 7.18. The fraction of sp³-hybridized carbons (Fsp3) is 0.348. The minimum absolute atomic E-state index is 0.158. The average Bonchev–Trinajstić information content (AvgIpc) is 3.34. The van der Waals surface area contributed by atoms with Crippen LogP contribution in [0, 0.1) is 0 Å². The molecule has 6 nitrogen and oxygen atoms in total. The predicted molar refractivity (Wildman–Crippen MR) is 117 cm³/mol. The molecule has 2 fully saturated rings. The molecule has 30 heavy (non-hydrogen) atoms. The fourth-order valence-corrected chi connectivity index (χ4v) is 5.62. The van der Waals surface area contributed by atoms with Crippen molar-refractivity contribution in [3.63, 3.8) is 0 Å². The number of fused-ring (bicyclic) bond motifs is 1. The molecule has 2 aliphatic rings. The van der Waals surface area contributed by atoms with Crippen molar-refractivity contribution >= 4 is 39.1 Å². The van der Waals surface area contributed by atoms with Crippen molar-refractivity contribution < 1.29 is 14.3 Å². The summed E-state index contributed by atoms with van der Waals surface area (Å²) >= 11 is 1.74. The van der Waals surface area contributed by atoms with Gasteiger partial charge in [0, 0.05) is 12.5 Å². The van der Waals surface area contributed by atoms with Crippen molar-refractivity contribution in [1.82, 2.24) is 9.88 Å². The van der Waals surface area contributed by atoms with Crippen molar-refractivity contribution in [2.24, 2.45) is 0 Å². The van der Waals surface area contributed by atoms with Gasteiger partial charge in [0.05, 0.1) is 40.5 Å². The summed E-state index contributed by atoms with van der Waals surface area (Å²) in [7, 11) is 1.55. The van der Waals surface area contributed by atoms with Crippen LogP contribution < -0.4 is 9.64 Å². The Morgan fingerprint density at radius 3 is 2.73 bits per heavy atom. The van der Waals surface area contributed by atoms with E-state index in [2.05, 4.69) is 11.0 Å². The zero-order chi connectivity index (χ0) is 20.7. The second kappa shape index (κ2) is 7.81. The lowest BCUT2D eigenvalue weighted by atomic mass is 9.97. The monoisotopic (exact) mass is 421 g/mol. The topological polar surface area (TPSA) is 62.7 Å². The number of imide groups is 1. The lowest BCUT2D eigenvalue weighted by molar-refractivity contribution is -0.123. The number of piperidine rings is 1. The second-order valence-electron chi connectivity index (χ2n) is 7.81. The van der Waals surface area contributed by atoms with Crippen LogP contribution in [0.25, 0.3) is 10.2 Å². The number of thiazole rings is 1. The largest absolute Gasteiger partial charge is 0.495 e. The third-order valence-electron chi connectivity index (χ3n) is 6.00. The zero-order valence-corrected chi connectivity index (χ0v) is 17.6. The molecule has 2 atom stereocenters. The van der Waals surface area contributed by atoms with E-state index in [1.165, 1.54) is 9.60 Å². The number of anilines is 1. The molecule has 0 N–H and O–H groups in total. The quantitative estimate of drug-likeness (QED) is 0.600. The highest BCUT2D eigenvalue weighted by Gasteiger charge is 2.44. The number of aromatic nitrogens is 1. The SMILES string of the molecule is COc1ccccc1N1C(=O)C[C@@H](N2CCC[C@@H](c3nc4ccccc4s3)C2)C1=O. The van der Waals surface area contributed by atoms with Crippen LogP contribution in [0.1, 0.15) is 30.2 Å². The average molecular weight is 422 g/mol. The van der Waals surface area contributed by atoms with Crippen molar-refractivity contribution in [3.05, 3.63) is 53.5 Å². The molecule has 154 valence electrons. The van der Waals surface area contributed by atoms with Gasteiger partial charge in [-0.1, -0.05) is 24.3 Å². The van der Waals surface area contributed by atoms with Gasteiger partial charge in [-0.05, 0) is 43.7 Å². The van der Waals surface area contributed by atoms with Gasteiger partial charge in [0.25, 0.3) is 5.91 Å². The molecule has 0 bridgehead atoms. The van der Waals surface area contributed by atoms with Gasteiger partial charge in [-0.15, -0.1) is 11.3 Å². The molecule has 3 aromatic rings. The molecular formula is C23H23N3O3S. The van der Waals surface area contributed by atoms with E-state index < -0.39 is 6.04 Å². The summed E-state index contributed by atoms with van der Waals surface area (Å²) in [5, 5.41) is 1.12. The van der Waals surface area contributed by atoms with Gasteiger partial charge in [0.15, 0.2) is 0 Å². The van der Waals surface area contributed by atoms with E-state index in [-0.39, 0.29) is 18.2 Å². The Hall–Kier alpha value is -2.77. The van der Waals surface area contributed by atoms with E-state index in [1.807, 2.05) is 30.3 Å². The number of hydrogen-bond donors (Lipinski definition) is 0. The maximum atomic E-state index is 13.3. The maximum Gasteiger partial charge on any atom is 0.251 e. The first kappa shape index (κ1) is 19.2. The Balaban J connectivity index is 1.37. The summed E-state index contributed by atoms with van der Waals surface area (Å²) < 4.78 is 6.57. The Morgan fingerprint density at radius 1 is 1.10 bits per heavy atom. The van der Waals surface area contributed by atoms with Crippen LogP contribution in [0.2, 0.25) is 0 Å². The smallest absolute Gasteiger partial charge is 0.251 e. The Morgan fingerprint density at radius 2 is 1.90 bits per heavy atom. The van der Waals surface area contributed by atoms with Gasteiger partial charge in [0.2, 0.25) is 5.91 Å². The Kier molecular flexibility index (Phi) is 5.00. The third kappa shape index (κ3) is 3.28. The van der Waals surface area contributed by atoms with Crippen LogP contribution in [0.15, 0.2) is 48.5 Å². The standard InChI is InChI=1S/C23H23N3O3S/c1-29-19-10-4-3-9-17(19)26-21(27)13-18(23(26)28)25-12-6-7-15(14-25)22-24-16-8-2-5-11-20(16)30-22/h2-5,8-11,15,18H,6-7,12-14H2,1H3/t15-,18-/m1/s1. The molecule has 0 unspecified atom stereocenters. The van der Waals surface area contributed by atoms with Crippen LogP contribution in [0.3, 0.4) is 0 Å². The number of rotatable bonds is 4. The van der Waals surface area contributed by atoms with Gasteiger partial charge in [-0.3, -0.25) is 14.5 Å². The van der Waals surface area contributed by atoms with E-state index >= 15 is 0 Å². The predicted octanol–water partition coefficient (Wildman–Crippen LogP) is 3.82. The van der Waals surface area contributed by atoms with Gasteiger partial charge in [-0.2, -0.15) is 0 Å². The summed E-state index contributed by atoms with van der Waals surface area (Å²) in [5.74, 6) is 0.497. The summed E-state index contributed by atoms with van der Waals surface area (Å²) in [6, 6.07) is 14.9. The first-order chi connectivity index (χ1) is 14.7. The molecule has 2 aliphatic heterocycles. The molecule has 3 heterocycles. The number of hydrogen-bond acceptors (Lipinski definition) is 6. The number of likely N-dealkylation sites (tertiary alicyclic amines) is 1. The molecule has 0 spiro atoms. The maximum absolute atomic E-state index is 13.3. The second-order valence-corrected chi connectivity index (χ2v) is 8.88. The number of ether oxygens (including phenoxy) is 1. The van der Waals surface area contributed by atoms with Crippen LogP contribution in [0.4, 0.5) is 5.69 Å². The Bertz CT molecular complexity index is 1080. The fourth-order valence-electron chi connectivity index (χ4n) is 4.52. The minimum atomic E-state index is -0.417. The third-order valence-corrected chi connectivity index (χ3v) is 7.20. The molecule has 0 aliphatic carbocycles. The molecule has 0 radical (unpaired) electrons. The minimum Gasteiger partial charge on any atom is -0.495 e. The van der Waals surface area contributed by atoms with Crippen molar-refractivity contribution in [3.8, 4) is 5.75 Å². The molecule has 5 rings (SSSR count). The molecule has 2 amide bonds.